The lowest BCUT2D eigenvalue weighted by atomic mass is 9.95. The number of aliphatic hydroxyl groups excluding tert-OH is 1. The molecule has 1 nitrogen and oxygen atoms in total. The highest BCUT2D eigenvalue weighted by Gasteiger charge is 2.10. The van der Waals surface area contributed by atoms with Gasteiger partial charge in [0.1, 0.15) is 0 Å². The van der Waals surface area contributed by atoms with Crippen LogP contribution >= 0.6 is 0 Å². The van der Waals surface area contributed by atoms with Crippen molar-refractivity contribution in [2.75, 3.05) is 0 Å². The number of rotatable bonds is 3. The SMILES string of the molecule is C=Cc1ccc(C(C)C(C)O)cc1. The number of hydrogen-bond donors (Lipinski definition) is 1. The molecule has 0 amide bonds. The van der Waals surface area contributed by atoms with Crippen LogP contribution in [0.25, 0.3) is 6.08 Å². The Balaban J connectivity index is 2.85. The summed E-state index contributed by atoms with van der Waals surface area (Å²) in [5.74, 6) is 0.193. The highest BCUT2D eigenvalue weighted by molar-refractivity contribution is 5.47. The Hall–Kier alpha value is -1.08. The van der Waals surface area contributed by atoms with E-state index in [1.54, 1.807) is 0 Å². The Labute approximate surface area is 79.7 Å². The second-order valence-electron chi connectivity index (χ2n) is 3.40. The van der Waals surface area contributed by atoms with Crippen molar-refractivity contribution in [1.29, 1.82) is 0 Å². The predicted octanol–water partition coefficient (Wildman–Crippen LogP) is 2.81. The summed E-state index contributed by atoms with van der Waals surface area (Å²) >= 11 is 0. The second-order valence-corrected chi connectivity index (χ2v) is 3.40. The van der Waals surface area contributed by atoms with Gasteiger partial charge in [0.25, 0.3) is 0 Å². The molecule has 1 heteroatoms. The smallest absolute Gasteiger partial charge is 0.0577 e. The lowest BCUT2D eigenvalue weighted by Gasteiger charge is -2.14. The van der Waals surface area contributed by atoms with E-state index in [9.17, 15) is 5.11 Å². The van der Waals surface area contributed by atoms with Crippen molar-refractivity contribution in [1.82, 2.24) is 0 Å². The molecule has 0 radical (unpaired) electrons. The van der Waals surface area contributed by atoms with Gasteiger partial charge in [-0.15, -0.1) is 0 Å². The highest BCUT2D eigenvalue weighted by Crippen LogP contribution is 2.19. The van der Waals surface area contributed by atoms with Crippen molar-refractivity contribution in [3.63, 3.8) is 0 Å². The molecule has 0 heterocycles. The van der Waals surface area contributed by atoms with Gasteiger partial charge in [-0.25, -0.2) is 0 Å². The van der Waals surface area contributed by atoms with E-state index in [4.69, 9.17) is 0 Å². The van der Waals surface area contributed by atoms with Crippen molar-refractivity contribution in [2.24, 2.45) is 0 Å². The van der Waals surface area contributed by atoms with Crippen LogP contribution in [-0.2, 0) is 0 Å². The molecule has 13 heavy (non-hydrogen) atoms. The summed E-state index contributed by atoms with van der Waals surface area (Å²) < 4.78 is 0. The van der Waals surface area contributed by atoms with Gasteiger partial charge < -0.3 is 5.11 Å². The first-order chi connectivity index (χ1) is 6.15. The standard InChI is InChI=1S/C12H16O/c1-4-11-5-7-12(8-6-11)9(2)10(3)13/h4-10,13H,1H2,2-3H3. The number of hydrogen-bond acceptors (Lipinski definition) is 1. The van der Waals surface area contributed by atoms with E-state index < -0.39 is 0 Å². The minimum absolute atomic E-state index is 0.193. The van der Waals surface area contributed by atoms with Gasteiger partial charge >= 0.3 is 0 Å². The third-order valence-electron chi connectivity index (χ3n) is 2.42. The molecule has 0 bridgehead atoms. The molecule has 2 atom stereocenters. The second kappa shape index (κ2) is 4.24. The maximum absolute atomic E-state index is 9.38. The average molecular weight is 176 g/mol. The number of benzene rings is 1. The lowest BCUT2D eigenvalue weighted by Crippen LogP contribution is -2.10. The van der Waals surface area contributed by atoms with Gasteiger partial charge in [0.15, 0.2) is 0 Å². The van der Waals surface area contributed by atoms with Gasteiger partial charge in [0.05, 0.1) is 6.10 Å². The first-order valence-corrected chi connectivity index (χ1v) is 4.55. The molecule has 1 N–H and O–H groups in total. The fourth-order valence-electron chi connectivity index (χ4n) is 1.21. The zero-order valence-electron chi connectivity index (χ0n) is 8.20. The maximum Gasteiger partial charge on any atom is 0.0577 e. The van der Waals surface area contributed by atoms with Gasteiger partial charge in [-0.2, -0.15) is 0 Å². The summed E-state index contributed by atoms with van der Waals surface area (Å²) in [6.07, 6.45) is 1.52. The average Bonchev–Trinajstić information content (AvgIpc) is 2.17. The van der Waals surface area contributed by atoms with Gasteiger partial charge in [-0.3, -0.25) is 0 Å². The largest absolute Gasteiger partial charge is 0.393 e. The van der Waals surface area contributed by atoms with Crippen LogP contribution in [0.1, 0.15) is 30.9 Å². The quantitative estimate of drug-likeness (QED) is 0.750. The van der Waals surface area contributed by atoms with Crippen LogP contribution in [0.15, 0.2) is 30.8 Å². The summed E-state index contributed by atoms with van der Waals surface area (Å²) in [5.41, 5.74) is 2.28. The minimum atomic E-state index is -0.297. The normalized spacial score (nSPS) is 15.0. The molecule has 70 valence electrons. The molecule has 0 fully saturated rings. The molecule has 2 unspecified atom stereocenters. The topological polar surface area (TPSA) is 20.2 Å². The van der Waals surface area contributed by atoms with E-state index in [0.717, 1.165) is 5.56 Å². The fraction of sp³-hybridized carbons (Fsp3) is 0.333. The highest BCUT2D eigenvalue weighted by atomic mass is 16.3. The summed E-state index contributed by atoms with van der Waals surface area (Å²) in [5, 5.41) is 9.38. The number of aliphatic hydroxyl groups is 1. The molecule has 1 aromatic rings. The van der Waals surface area contributed by atoms with Crippen LogP contribution in [0, 0.1) is 0 Å². The predicted molar refractivity (Wildman–Crippen MR) is 56.6 cm³/mol. The van der Waals surface area contributed by atoms with Crippen LogP contribution in [0.4, 0.5) is 0 Å². The van der Waals surface area contributed by atoms with Crippen molar-refractivity contribution < 1.29 is 5.11 Å². The van der Waals surface area contributed by atoms with Gasteiger partial charge in [-0.1, -0.05) is 43.8 Å². The molecule has 0 spiro atoms. The molecule has 0 saturated carbocycles. The molecule has 1 rings (SSSR count). The fourth-order valence-corrected chi connectivity index (χ4v) is 1.21. The third kappa shape index (κ3) is 2.43. The summed E-state index contributed by atoms with van der Waals surface area (Å²) in [4.78, 5) is 0. The zero-order valence-corrected chi connectivity index (χ0v) is 8.20. The molecular weight excluding hydrogens is 160 g/mol. The van der Waals surface area contributed by atoms with E-state index in [-0.39, 0.29) is 12.0 Å². The van der Waals surface area contributed by atoms with Crippen molar-refractivity contribution in [3.8, 4) is 0 Å². The summed E-state index contributed by atoms with van der Waals surface area (Å²) in [6, 6.07) is 8.10. The Morgan fingerprint density at radius 3 is 2.15 bits per heavy atom. The van der Waals surface area contributed by atoms with E-state index in [1.807, 2.05) is 44.2 Å². The third-order valence-corrected chi connectivity index (χ3v) is 2.42. The van der Waals surface area contributed by atoms with Crippen LogP contribution < -0.4 is 0 Å². The van der Waals surface area contributed by atoms with E-state index >= 15 is 0 Å². The Bertz CT molecular complexity index is 272. The summed E-state index contributed by atoms with van der Waals surface area (Å²) in [6.45, 7) is 7.52. The van der Waals surface area contributed by atoms with Crippen molar-refractivity contribution in [2.45, 2.75) is 25.9 Å². The Morgan fingerprint density at radius 1 is 1.23 bits per heavy atom. The van der Waals surface area contributed by atoms with Gasteiger partial charge in [0.2, 0.25) is 0 Å². The Morgan fingerprint density at radius 2 is 1.77 bits per heavy atom. The van der Waals surface area contributed by atoms with Crippen molar-refractivity contribution in [3.05, 3.63) is 42.0 Å². The van der Waals surface area contributed by atoms with Gasteiger partial charge in [0, 0.05) is 5.92 Å². The van der Waals surface area contributed by atoms with Crippen LogP contribution in [0.3, 0.4) is 0 Å². The van der Waals surface area contributed by atoms with E-state index in [1.165, 1.54) is 5.56 Å². The molecule has 0 aliphatic carbocycles. The molecule has 0 aliphatic rings. The minimum Gasteiger partial charge on any atom is -0.393 e. The van der Waals surface area contributed by atoms with Gasteiger partial charge in [-0.05, 0) is 18.1 Å². The zero-order chi connectivity index (χ0) is 9.84. The Kier molecular flexibility index (Phi) is 3.26. The van der Waals surface area contributed by atoms with E-state index in [0.29, 0.717) is 0 Å². The lowest BCUT2D eigenvalue weighted by molar-refractivity contribution is 0.169. The first kappa shape index (κ1) is 10.0. The molecular formula is C12H16O. The maximum atomic E-state index is 9.38. The van der Waals surface area contributed by atoms with Crippen LogP contribution in [-0.4, -0.2) is 11.2 Å². The molecule has 0 saturated heterocycles. The first-order valence-electron chi connectivity index (χ1n) is 4.55. The van der Waals surface area contributed by atoms with E-state index in [2.05, 4.69) is 6.58 Å². The molecule has 0 aromatic heterocycles. The monoisotopic (exact) mass is 176 g/mol. The van der Waals surface area contributed by atoms with Crippen LogP contribution in [0.5, 0.6) is 0 Å². The van der Waals surface area contributed by atoms with Crippen LogP contribution in [0.2, 0.25) is 0 Å². The molecule has 0 aliphatic heterocycles. The van der Waals surface area contributed by atoms with Crippen molar-refractivity contribution >= 4 is 6.08 Å². The summed E-state index contributed by atoms with van der Waals surface area (Å²) in [7, 11) is 0. The molecule has 1 aromatic carbocycles.